The van der Waals surface area contributed by atoms with E-state index >= 15 is 0 Å². The number of hydrogen-bond donors (Lipinski definition) is 0. The third kappa shape index (κ3) is 3.64. The summed E-state index contributed by atoms with van der Waals surface area (Å²) in [5, 5.41) is 0. The molecule has 0 spiro atoms. The van der Waals surface area contributed by atoms with Gasteiger partial charge in [-0.2, -0.15) is 0 Å². The number of alkyl halides is 3. The summed E-state index contributed by atoms with van der Waals surface area (Å²) in [4.78, 5) is 18.1. The molecule has 0 aliphatic carbocycles. The molecule has 1 fully saturated rings. The fraction of sp³-hybridized carbons (Fsp3) is 0.467. The van der Waals surface area contributed by atoms with Crippen LogP contribution in [0.2, 0.25) is 0 Å². The number of carbonyl (C=O) groups excluding carboxylic acids is 1. The van der Waals surface area contributed by atoms with Crippen molar-refractivity contribution in [2.45, 2.75) is 32.2 Å². The summed E-state index contributed by atoms with van der Waals surface area (Å²) < 4.78 is 46.0. The van der Waals surface area contributed by atoms with Gasteiger partial charge >= 0.3 is 6.36 Å². The van der Waals surface area contributed by atoms with Crippen LogP contribution in [-0.2, 0) is 4.74 Å². The van der Waals surface area contributed by atoms with Crippen LogP contribution < -0.4 is 0 Å². The monoisotopic (exact) mass is 328 g/mol. The molecule has 0 atom stereocenters. The largest absolute Gasteiger partial charge is 0.522 e. The minimum Gasteiger partial charge on any atom is -0.441 e. The van der Waals surface area contributed by atoms with E-state index in [1.165, 1.54) is 4.90 Å². The van der Waals surface area contributed by atoms with E-state index in [0.717, 1.165) is 0 Å². The zero-order chi connectivity index (χ0) is 16.6. The van der Waals surface area contributed by atoms with Crippen LogP contribution in [0.4, 0.5) is 13.2 Å². The fourth-order valence-corrected chi connectivity index (χ4v) is 2.72. The van der Waals surface area contributed by atoms with E-state index in [0.29, 0.717) is 22.6 Å². The molecule has 1 aliphatic heterocycles. The van der Waals surface area contributed by atoms with E-state index in [4.69, 9.17) is 4.42 Å². The SMILES string of the molecule is Cc1nc2ccc(C(=O)N3CCC(OC(F)(F)F)CC3)cc2o1. The van der Waals surface area contributed by atoms with Crippen LogP contribution in [-0.4, -0.2) is 41.3 Å². The number of carbonyl (C=O) groups is 1. The minimum absolute atomic E-state index is 0.162. The lowest BCUT2D eigenvalue weighted by molar-refractivity contribution is -0.345. The Bertz CT molecular complexity index is 718. The molecular formula is C15H15F3N2O3. The van der Waals surface area contributed by atoms with Crippen molar-refractivity contribution in [3.05, 3.63) is 29.7 Å². The molecule has 0 radical (unpaired) electrons. The summed E-state index contributed by atoms with van der Waals surface area (Å²) in [6.07, 6.45) is -5.20. The van der Waals surface area contributed by atoms with Gasteiger partial charge in [-0.15, -0.1) is 13.2 Å². The summed E-state index contributed by atoms with van der Waals surface area (Å²) in [7, 11) is 0. The highest BCUT2D eigenvalue weighted by molar-refractivity contribution is 5.97. The van der Waals surface area contributed by atoms with E-state index in [2.05, 4.69) is 9.72 Å². The van der Waals surface area contributed by atoms with Crippen LogP contribution in [0.15, 0.2) is 22.6 Å². The fourth-order valence-electron chi connectivity index (χ4n) is 2.72. The number of oxazole rings is 1. The van der Waals surface area contributed by atoms with Gasteiger partial charge in [0, 0.05) is 25.6 Å². The molecule has 2 heterocycles. The second-order valence-electron chi connectivity index (χ2n) is 5.47. The summed E-state index contributed by atoms with van der Waals surface area (Å²) in [6.45, 7) is 2.17. The number of benzene rings is 1. The third-order valence-electron chi connectivity index (χ3n) is 3.77. The van der Waals surface area contributed by atoms with Gasteiger partial charge < -0.3 is 9.32 Å². The van der Waals surface area contributed by atoms with E-state index < -0.39 is 12.5 Å². The smallest absolute Gasteiger partial charge is 0.441 e. The molecule has 5 nitrogen and oxygen atoms in total. The Morgan fingerprint density at radius 1 is 1.35 bits per heavy atom. The summed E-state index contributed by atoms with van der Waals surface area (Å²) in [6, 6.07) is 4.94. The van der Waals surface area contributed by atoms with E-state index in [9.17, 15) is 18.0 Å². The standard InChI is InChI=1S/C15H15F3N2O3/c1-9-19-12-3-2-10(8-13(12)22-9)14(21)20-6-4-11(5-7-20)23-15(16,17)18/h2-3,8,11H,4-7H2,1H3. The molecule has 1 aromatic heterocycles. The Morgan fingerprint density at radius 2 is 2.04 bits per heavy atom. The number of halogens is 3. The van der Waals surface area contributed by atoms with Gasteiger partial charge in [0.2, 0.25) is 0 Å². The maximum atomic E-state index is 12.4. The molecule has 0 N–H and O–H groups in total. The molecule has 3 rings (SSSR count). The number of rotatable bonds is 2. The van der Waals surface area contributed by atoms with Crippen LogP contribution in [0.25, 0.3) is 11.1 Å². The van der Waals surface area contributed by atoms with Crippen molar-refractivity contribution >= 4 is 17.0 Å². The first-order valence-electron chi connectivity index (χ1n) is 7.23. The minimum atomic E-state index is -4.63. The Hall–Kier alpha value is -2.09. The maximum Gasteiger partial charge on any atom is 0.522 e. The molecule has 2 aromatic rings. The van der Waals surface area contributed by atoms with Gasteiger partial charge in [-0.25, -0.2) is 4.98 Å². The second-order valence-corrected chi connectivity index (χ2v) is 5.47. The number of piperidine rings is 1. The first-order chi connectivity index (χ1) is 10.8. The predicted molar refractivity (Wildman–Crippen MR) is 74.8 cm³/mol. The number of ether oxygens (including phenoxy) is 1. The Morgan fingerprint density at radius 3 is 2.70 bits per heavy atom. The Labute approximate surface area is 130 Å². The molecule has 23 heavy (non-hydrogen) atoms. The molecular weight excluding hydrogens is 313 g/mol. The summed E-state index contributed by atoms with van der Waals surface area (Å²) in [5.41, 5.74) is 1.61. The lowest BCUT2D eigenvalue weighted by Gasteiger charge is -2.32. The summed E-state index contributed by atoms with van der Waals surface area (Å²) in [5.74, 6) is 0.279. The van der Waals surface area contributed by atoms with Crippen molar-refractivity contribution in [2.24, 2.45) is 0 Å². The van der Waals surface area contributed by atoms with Gasteiger partial charge in [0.25, 0.3) is 5.91 Å². The number of fused-ring (bicyclic) bond motifs is 1. The highest BCUT2D eigenvalue weighted by Gasteiger charge is 2.35. The second kappa shape index (κ2) is 5.84. The van der Waals surface area contributed by atoms with Crippen LogP contribution in [0.1, 0.15) is 29.1 Å². The van der Waals surface area contributed by atoms with Crippen molar-refractivity contribution in [1.82, 2.24) is 9.88 Å². The first kappa shape index (κ1) is 15.8. The zero-order valence-electron chi connectivity index (χ0n) is 12.4. The van der Waals surface area contributed by atoms with Crippen LogP contribution in [0.3, 0.4) is 0 Å². The van der Waals surface area contributed by atoms with Gasteiger partial charge in [0.05, 0.1) is 6.10 Å². The first-order valence-corrected chi connectivity index (χ1v) is 7.23. The normalized spacial score (nSPS) is 17.0. The molecule has 0 saturated carbocycles. The number of nitrogens with zero attached hydrogens (tertiary/aromatic N) is 2. The average Bonchev–Trinajstić information content (AvgIpc) is 2.84. The van der Waals surface area contributed by atoms with Gasteiger partial charge in [0.1, 0.15) is 5.52 Å². The lowest BCUT2D eigenvalue weighted by atomic mass is 10.1. The quantitative estimate of drug-likeness (QED) is 0.849. The zero-order valence-corrected chi connectivity index (χ0v) is 12.4. The topological polar surface area (TPSA) is 55.6 Å². The van der Waals surface area contributed by atoms with Crippen molar-refractivity contribution in [1.29, 1.82) is 0 Å². The molecule has 0 bridgehead atoms. The van der Waals surface area contributed by atoms with Crippen LogP contribution in [0, 0.1) is 6.92 Å². The predicted octanol–water partition coefficient (Wildman–Crippen LogP) is 3.28. The summed E-state index contributed by atoms with van der Waals surface area (Å²) >= 11 is 0. The van der Waals surface area contributed by atoms with E-state index in [-0.39, 0.29) is 31.8 Å². The van der Waals surface area contributed by atoms with Gasteiger partial charge in [-0.3, -0.25) is 9.53 Å². The molecule has 1 aromatic carbocycles. The van der Waals surface area contributed by atoms with Gasteiger partial charge in [-0.1, -0.05) is 0 Å². The van der Waals surface area contributed by atoms with Crippen molar-refractivity contribution < 1.29 is 27.1 Å². The maximum absolute atomic E-state index is 12.4. The number of aromatic nitrogens is 1. The molecule has 0 unspecified atom stereocenters. The molecule has 1 saturated heterocycles. The van der Waals surface area contributed by atoms with Crippen molar-refractivity contribution in [2.75, 3.05) is 13.1 Å². The van der Waals surface area contributed by atoms with Gasteiger partial charge in [-0.05, 0) is 31.0 Å². The van der Waals surface area contributed by atoms with Crippen LogP contribution in [0.5, 0.6) is 0 Å². The highest BCUT2D eigenvalue weighted by atomic mass is 19.4. The Balaban J connectivity index is 1.66. The van der Waals surface area contributed by atoms with E-state index in [1.807, 2.05) is 0 Å². The van der Waals surface area contributed by atoms with E-state index in [1.54, 1.807) is 25.1 Å². The number of amides is 1. The van der Waals surface area contributed by atoms with Gasteiger partial charge in [0.15, 0.2) is 11.5 Å². The number of likely N-dealkylation sites (tertiary alicyclic amines) is 1. The van der Waals surface area contributed by atoms with Crippen molar-refractivity contribution in [3.8, 4) is 0 Å². The number of aryl methyl sites for hydroxylation is 1. The third-order valence-corrected chi connectivity index (χ3v) is 3.77. The number of hydrogen-bond acceptors (Lipinski definition) is 4. The average molecular weight is 328 g/mol. The van der Waals surface area contributed by atoms with Crippen LogP contribution >= 0.6 is 0 Å². The molecule has 1 aliphatic rings. The molecule has 8 heteroatoms. The lowest BCUT2D eigenvalue weighted by Crippen LogP contribution is -2.42. The molecule has 1 amide bonds. The Kier molecular flexibility index (Phi) is 4.01. The molecule has 124 valence electrons. The van der Waals surface area contributed by atoms with Crippen molar-refractivity contribution in [3.63, 3.8) is 0 Å². The highest BCUT2D eigenvalue weighted by Crippen LogP contribution is 2.25.